The highest BCUT2D eigenvalue weighted by atomic mass is 19.4. The number of halogens is 6. The maximum absolute atomic E-state index is 13.9. The molecule has 2 heterocycles. The molecule has 0 unspecified atom stereocenters. The third-order valence-corrected chi connectivity index (χ3v) is 8.75. The van der Waals surface area contributed by atoms with Crippen LogP contribution in [0.15, 0.2) is 30.5 Å². The highest BCUT2D eigenvalue weighted by molar-refractivity contribution is 6.01. The van der Waals surface area contributed by atoms with Crippen molar-refractivity contribution in [2.24, 2.45) is 11.8 Å². The van der Waals surface area contributed by atoms with Crippen LogP contribution < -0.4 is 15.1 Å². The highest BCUT2D eigenvalue weighted by Crippen LogP contribution is 2.39. The Balaban J connectivity index is 1.68. The molecule has 52 heavy (non-hydrogen) atoms. The molecule has 0 spiro atoms. The van der Waals surface area contributed by atoms with Crippen molar-refractivity contribution in [3.05, 3.63) is 69.5 Å². The number of aromatic nitrogens is 3. The van der Waals surface area contributed by atoms with E-state index in [1.165, 1.54) is 11.1 Å². The van der Waals surface area contributed by atoms with Gasteiger partial charge in [0.05, 0.1) is 29.0 Å². The Morgan fingerprint density at radius 3 is 1.92 bits per heavy atom. The fraction of sp³-hybridized carbons (Fsp3) is 0.541. The van der Waals surface area contributed by atoms with Gasteiger partial charge < -0.3 is 25.3 Å². The topological polar surface area (TPSA) is 107 Å². The maximum Gasteiger partial charge on any atom is 0.416 e. The molecule has 0 saturated heterocycles. The van der Waals surface area contributed by atoms with Gasteiger partial charge in [-0.25, -0.2) is 19.7 Å². The molecule has 0 bridgehead atoms. The number of ether oxygens (including phenoxy) is 1. The summed E-state index contributed by atoms with van der Waals surface area (Å²) in [5.41, 5.74) is -1.95. The predicted molar refractivity (Wildman–Crippen MR) is 187 cm³/mol. The van der Waals surface area contributed by atoms with E-state index in [-0.39, 0.29) is 47.7 Å². The molecule has 0 atom stereocenters. The van der Waals surface area contributed by atoms with Crippen LogP contribution in [0, 0.1) is 24.2 Å². The molecule has 0 amide bonds. The first kappa shape index (κ1) is 38.8. The molecule has 2 aromatic heterocycles. The molecule has 282 valence electrons. The molecule has 9 nitrogen and oxygen atoms in total. The quantitative estimate of drug-likeness (QED) is 0.0962. The number of hydrogen-bond donors (Lipinski definition) is 2. The molecular weight excluding hydrogens is 688 g/mol. The number of benzene rings is 1. The van der Waals surface area contributed by atoms with Crippen molar-refractivity contribution in [1.29, 1.82) is 5.41 Å². The van der Waals surface area contributed by atoms with E-state index < -0.39 is 41.5 Å². The minimum absolute atomic E-state index is 0.0246. The van der Waals surface area contributed by atoms with E-state index in [9.17, 15) is 31.1 Å². The van der Waals surface area contributed by atoms with Crippen molar-refractivity contribution >= 4 is 29.3 Å². The second-order valence-corrected chi connectivity index (χ2v) is 14.8. The summed E-state index contributed by atoms with van der Waals surface area (Å²) < 4.78 is 88.7. The van der Waals surface area contributed by atoms with Crippen LogP contribution in [0.4, 0.5) is 43.9 Å². The van der Waals surface area contributed by atoms with Crippen LogP contribution in [-0.2, 0) is 30.2 Å². The molecule has 0 radical (unpaired) electrons. The van der Waals surface area contributed by atoms with Crippen molar-refractivity contribution in [2.75, 3.05) is 34.8 Å². The van der Waals surface area contributed by atoms with Crippen LogP contribution in [0.1, 0.15) is 104 Å². The SMILES string of the molecule is CCOC(=O)c1cnc(N(Cc2cc(C(F)(F)F)cc(C(F)(F)F)c2)Cc2cc(C(C)=N)c(NC(C)(C)C)nc2N(CC2CC2)CC2CC2)nc1C. The van der Waals surface area contributed by atoms with E-state index in [0.29, 0.717) is 46.7 Å². The van der Waals surface area contributed by atoms with Crippen LogP contribution in [0.5, 0.6) is 0 Å². The zero-order valence-electron chi connectivity index (χ0n) is 30.2. The van der Waals surface area contributed by atoms with Gasteiger partial charge in [-0.15, -0.1) is 0 Å². The minimum atomic E-state index is -5.04. The number of carbonyl (C=O) groups excluding carboxylic acids is 1. The fourth-order valence-corrected chi connectivity index (χ4v) is 5.89. The number of anilines is 3. The summed E-state index contributed by atoms with van der Waals surface area (Å²) >= 11 is 0. The molecule has 15 heteroatoms. The van der Waals surface area contributed by atoms with E-state index in [1.807, 2.05) is 26.8 Å². The monoisotopic (exact) mass is 733 g/mol. The molecular formula is C37H45F6N7O2. The van der Waals surface area contributed by atoms with Crippen molar-refractivity contribution in [3.8, 4) is 0 Å². The Bertz CT molecular complexity index is 1750. The number of hydrogen-bond acceptors (Lipinski definition) is 9. The van der Waals surface area contributed by atoms with Gasteiger partial charge in [-0.05, 0) is 109 Å². The van der Waals surface area contributed by atoms with Gasteiger partial charge in [0.25, 0.3) is 0 Å². The Labute approximate surface area is 299 Å². The lowest BCUT2D eigenvalue weighted by Crippen LogP contribution is -2.34. The summed E-state index contributed by atoms with van der Waals surface area (Å²) in [7, 11) is 0. The van der Waals surface area contributed by atoms with Crippen LogP contribution in [-0.4, -0.2) is 51.9 Å². The van der Waals surface area contributed by atoms with Crippen molar-refractivity contribution in [3.63, 3.8) is 0 Å². The lowest BCUT2D eigenvalue weighted by Gasteiger charge is -2.32. The number of alkyl halides is 6. The predicted octanol–water partition coefficient (Wildman–Crippen LogP) is 8.83. The van der Waals surface area contributed by atoms with Gasteiger partial charge in [0.15, 0.2) is 0 Å². The minimum Gasteiger partial charge on any atom is -0.462 e. The second-order valence-electron chi connectivity index (χ2n) is 14.8. The molecule has 2 aliphatic rings. The lowest BCUT2D eigenvalue weighted by atomic mass is 10.0. The van der Waals surface area contributed by atoms with Gasteiger partial charge in [0.1, 0.15) is 11.6 Å². The zero-order chi connectivity index (χ0) is 38.2. The summed E-state index contributed by atoms with van der Waals surface area (Å²) in [6, 6.07) is 3.29. The average Bonchev–Trinajstić information content (AvgIpc) is 3.97. The third kappa shape index (κ3) is 10.1. The molecule has 2 saturated carbocycles. The van der Waals surface area contributed by atoms with E-state index in [4.69, 9.17) is 15.1 Å². The molecule has 5 rings (SSSR count). The average molecular weight is 734 g/mol. The van der Waals surface area contributed by atoms with E-state index in [1.54, 1.807) is 20.8 Å². The zero-order valence-corrected chi connectivity index (χ0v) is 30.2. The Hall–Kier alpha value is -4.43. The van der Waals surface area contributed by atoms with Gasteiger partial charge in [-0.1, -0.05) is 0 Å². The first-order chi connectivity index (χ1) is 24.2. The fourth-order valence-electron chi connectivity index (χ4n) is 5.89. The summed E-state index contributed by atoms with van der Waals surface area (Å²) in [5, 5.41) is 12.0. The van der Waals surface area contributed by atoms with Crippen LogP contribution >= 0.6 is 0 Å². The van der Waals surface area contributed by atoms with Gasteiger partial charge in [-0.2, -0.15) is 26.3 Å². The van der Waals surface area contributed by atoms with E-state index in [0.717, 1.165) is 38.8 Å². The largest absolute Gasteiger partial charge is 0.462 e. The number of rotatable bonds is 14. The standard InChI is InChI=1S/C37H45F6N7O2/c1-7-52-33(51)30-16-45-34(46-22(30)3)50(19-25-12-27(36(38,39)40)15-28(13-25)37(41,42)43)20-26-14-29(21(2)44)31(48-35(4,5)6)47-32(26)49(17-23-8-9-23)18-24-10-11-24/h12-16,23-24,44H,7-11,17-20H2,1-6H3,(H,47,48). The molecule has 2 N–H and O–H groups in total. The summed E-state index contributed by atoms with van der Waals surface area (Å²) in [4.78, 5) is 30.3. The van der Waals surface area contributed by atoms with Gasteiger partial charge in [0, 0.05) is 54.8 Å². The first-order valence-electron chi connectivity index (χ1n) is 17.4. The Morgan fingerprint density at radius 1 is 0.885 bits per heavy atom. The lowest BCUT2D eigenvalue weighted by molar-refractivity contribution is -0.143. The van der Waals surface area contributed by atoms with Gasteiger partial charge in [-0.3, -0.25) is 0 Å². The summed E-state index contributed by atoms with van der Waals surface area (Å²) in [6.07, 6.45) is -4.54. The van der Waals surface area contributed by atoms with Gasteiger partial charge in [0.2, 0.25) is 5.95 Å². The number of nitrogens with one attached hydrogen (secondary N) is 2. The van der Waals surface area contributed by atoms with E-state index in [2.05, 4.69) is 20.2 Å². The number of pyridine rings is 1. The molecule has 2 aliphatic carbocycles. The van der Waals surface area contributed by atoms with E-state index >= 15 is 0 Å². The summed E-state index contributed by atoms with van der Waals surface area (Å²) in [6.45, 7) is 11.8. The number of aryl methyl sites for hydroxylation is 1. The highest BCUT2D eigenvalue weighted by Gasteiger charge is 2.38. The maximum atomic E-state index is 13.9. The molecule has 1 aromatic carbocycles. The number of carbonyl (C=O) groups is 1. The van der Waals surface area contributed by atoms with Crippen molar-refractivity contribution < 1.29 is 35.9 Å². The second kappa shape index (κ2) is 14.9. The Kier molecular flexibility index (Phi) is 11.1. The molecule has 0 aliphatic heterocycles. The van der Waals surface area contributed by atoms with Crippen molar-refractivity contribution in [1.82, 2.24) is 15.0 Å². The summed E-state index contributed by atoms with van der Waals surface area (Å²) in [5.74, 6) is 1.37. The Morgan fingerprint density at radius 2 is 1.46 bits per heavy atom. The smallest absolute Gasteiger partial charge is 0.416 e. The van der Waals surface area contributed by atoms with Crippen LogP contribution in [0.25, 0.3) is 0 Å². The number of esters is 1. The first-order valence-corrected chi connectivity index (χ1v) is 17.4. The normalized spacial score (nSPS) is 15.0. The third-order valence-electron chi connectivity index (χ3n) is 8.75. The van der Waals surface area contributed by atoms with Crippen LogP contribution in [0.2, 0.25) is 0 Å². The van der Waals surface area contributed by atoms with Crippen LogP contribution in [0.3, 0.4) is 0 Å². The van der Waals surface area contributed by atoms with Crippen molar-refractivity contribution in [2.45, 2.75) is 98.2 Å². The molecule has 3 aromatic rings. The van der Waals surface area contributed by atoms with Gasteiger partial charge >= 0.3 is 18.3 Å². The number of nitrogens with zero attached hydrogens (tertiary/aromatic N) is 5. The molecule has 2 fully saturated rings.